The molecule has 3 aliphatic rings. The molecule has 0 radical (unpaired) electrons. The highest BCUT2D eigenvalue weighted by Crippen LogP contribution is 2.45. The normalized spacial score (nSPS) is 29.5. The molecule has 2 fully saturated rings. The Kier molecular flexibility index (Phi) is 12.0. The number of anilines is 1. The van der Waals surface area contributed by atoms with Gasteiger partial charge in [-0.2, -0.15) is 0 Å². The van der Waals surface area contributed by atoms with Crippen LogP contribution >= 0.6 is 11.6 Å². The molecule has 11 nitrogen and oxygen atoms in total. The quantitative estimate of drug-likeness (QED) is 0.278. The molecule has 3 aliphatic heterocycles. The smallest absolute Gasteiger partial charge is 0.409 e. The predicted molar refractivity (Wildman–Crippen MR) is 164 cm³/mol. The van der Waals surface area contributed by atoms with Gasteiger partial charge in [0, 0.05) is 39.2 Å². The van der Waals surface area contributed by atoms with Gasteiger partial charge in [0.05, 0.1) is 24.5 Å². The largest absolute Gasteiger partial charge is 0.495 e. The first kappa shape index (κ1) is 34.4. The summed E-state index contributed by atoms with van der Waals surface area (Å²) >= 11 is 6.57. The Bertz CT molecular complexity index is 1240. The maximum atomic E-state index is 13.1. The highest BCUT2D eigenvalue weighted by atomic mass is 35.5. The van der Waals surface area contributed by atoms with Crippen LogP contribution in [0.5, 0.6) is 5.75 Å². The lowest BCUT2D eigenvalue weighted by molar-refractivity contribution is -0.137. The Morgan fingerprint density at radius 1 is 1.33 bits per heavy atom. The lowest BCUT2D eigenvalue weighted by Crippen LogP contribution is -2.56. The second-order valence-electron chi connectivity index (χ2n) is 11.5. The Balaban J connectivity index is 0.000000557. The van der Waals surface area contributed by atoms with Crippen LogP contribution in [0, 0.1) is 0 Å². The minimum absolute atomic E-state index is 0.0858. The number of ether oxygens (including phenoxy) is 3. The number of nitrogens with zero attached hydrogens (tertiary/aromatic N) is 1. The van der Waals surface area contributed by atoms with Crippen LogP contribution in [0.25, 0.3) is 0 Å². The van der Waals surface area contributed by atoms with Crippen molar-refractivity contribution in [1.29, 1.82) is 0 Å². The number of halogens is 1. The van der Waals surface area contributed by atoms with Crippen molar-refractivity contribution in [1.82, 2.24) is 10.6 Å². The van der Waals surface area contributed by atoms with Crippen molar-refractivity contribution >= 4 is 35.3 Å². The summed E-state index contributed by atoms with van der Waals surface area (Å²) in [6, 6.07) is 3.78. The molecule has 0 aromatic heterocycles. The van der Waals surface area contributed by atoms with Crippen LogP contribution in [0.1, 0.15) is 64.4 Å². The molecule has 1 aromatic carbocycles. The number of alkyl carbamates (subject to hydrolysis) is 1. The van der Waals surface area contributed by atoms with E-state index in [4.69, 9.17) is 30.9 Å². The van der Waals surface area contributed by atoms with Crippen molar-refractivity contribution in [3.05, 3.63) is 46.5 Å². The molecular formula is C31H44ClN3O8. The predicted octanol–water partition coefficient (Wildman–Crippen LogP) is 4.35. The monoisotopic (exact) mass is 621 g/mol. The lowest BCUT2D eigenvalue weighted by atomic mass is 9.92. The van der Waals surface area contributed by atoms with Crippen molar-refractivity contribution in [3.8, 4) is 5.75 Å². The third-order valence-corrected chi connectivity index (χ3v) is 8.21. The molecule has 2 saturated heterocycles. The second kappa shape index (κ2) is 15.1. The summed E-state index contributed by atoms with van der Waals surface area (Å²) in [5.74, 6) is -0.298. The SMILES string of the molecule is CNCCCC(=O)O.COc1cc2cc(c1Cl)N(C)C(=O)CC[C@]1(C)O[C@H]1CC1C[C@](O)(C/C=C/C=C(\C)C2)NC(=O)O1. The number of nitrogens with one attached hydrogen (secondary N) is 2. The maximum absolute atomic E-state index is 13.1. The fraction of sp³-hybridized carbons (Fsp3) is 0.581. The summed E-state index contributed by atoms with van der Waals surface area (Å²) in [5.41, 5.74) is 0.744. The van der Waals surface area contributed by atoms with E-state index >= 15 is 0 Å². The number of carbonyl (C=O) groups excluding carboxylic acids is 2. The van der Waals surface area contributed by atoms with Gasteiger partial charge in [-0.05, 0) is 64.4 Å². The molecule has 1 unspecified atom stereocenters. The van der Waals surface area contributed by atoms with Crippen molar-refractivity contribution in [2.24, 2.45) is 0 Å². The number of carboxylic acid groups (broad SMARTS) is 1. The number of amides is 2. The van der Waals surface area contributed by atoms with E-state index in [2.05, 4.69) is 10.6 Å². The molecule has 4 N–H and O–H groups in total. The number of hydrogen-bond donors (Lipinski definition) is 4. The third kappa shape index (κ3) is 9.96. The Morgan fingerprint density at radius 3 is 2.74 bits per heavy atom. The highest BCUT2D eigenvalue weighted by Gasteiger charge is 2.54. The number of epoxide rings is 1. The van der Waals surface area contributed by atoms with Gasteiger partial charge in [-0.15, -0.1) is 0 Å². The summed E-state index contributed by atoms with van der Waals surface area (Å²) in [7, 11) is 5.07. The van der Waals surface area contributed by atoms with E-state index in [0.717, 1.165) is 17.7 Å². The number of fused-ring (bicyclic) bond motifs is 5. The number of carbonyl (C=O) groups is 3. The number of carboxylic acids is 1. The van der Waals surface area contributed by atoms with E-state index in [0.29, 0.717) is 42.1 Å². The first-order valence-corrected chi connectivity index (χ1v) is 14.9. The first-order valence-electron chi connectivity index (χ1n) is 14.5. The van der Waals surface area contributed by atoms with Crippen LogP contribution in [-0.4, -0.2) is 79.5 Å². The van der Waals surface area contributed by atoms with Gasteiger partial charge in [0.2, 0.25) is 5.91 Å². The van der Waals surface area contributed by atoms with E-state index in [-0.39, 0.29) is 37.7 Å². The lowest BCUT2D eigenvalue weighted by Gasteiger charge is -2.36. The fourth-order valence-electron chi connectivity index (χ4n) is 5.24. The average molecular weight is 622 g/mol. The molecule has 0 aliphatic carbocycles. The molecule has 12 heteroatoms. The van der Waals surface area contributed by atoms with Crippen LogP contribution in [0.3, 0.4) is 0 Å². The van der Waals surface area contributed by atoms with Crippen LogP contribution in [-0.2, 0) is 25.5 Å². The van der Waals surface area contributed by atoms with E-state index in [1.807, 2.05) is 51.3 Å². The van der Waals surface area contributed by atoms with Crippen molar-refractivity contribution in [2.75, 3.05) is 32.6 Å². The third-order valence-electron chi connectivity index (χ3n) is 7.83. The number of benzene rings is 1. The van der Waals surface area contributed by atoms with Crippen molar-refractivity contribution in [3.63, 3.8) is 0 Å². The molecule has 43 heavy (non-hydrogen) atoms. The van der Waals surface area contributed by atoms with Crippen molar-refractivity contribution in [2.45, 2.75) is 88.7 Å². The first-order chi connectivity index (χ1) is 20.3. The summed E-state index contributed by atoms with van der Waals surface area (Å²) in [4.78, 5) is 36.6. The molecule has 0 spiro atoms. The van der Waals surface area contributed by atoms with Crippen LogP contribution in [0.4, 0.5) is 10.5 Å². The zero-order chi connectivity index (χ0) is 31.8. The van der Waals surface area contributed by atoms with Gasteiger partial charge >= 0.3 is 12.1 Å². The molecule has 238 valence electrons. The topological polar surface area (TPSA) is 150 Å². The highest BCUT2D eigenvalue weighted by molar-refractivity contribution is 6.35. The van der Waals surface area contributed by atoms with Gasteiger partial charge < -0.3 is 34.6 Å². The van der Waals surface area contributed by atoms with Crippen LogP contribution in [0.15, 0.2) is 35.9 Å². The molecular weight excluding hydrogens is 578 g/mol. The fourth-order valence-corrected chi connectivity index (χ4v) is 5.55. The number of hydrogen-bond acceptors (Lipinski definition) is 8. The number of allylic oxidation sites excluding steroid dienone is 3. The summed E-state index contributed by atoms with van der Waals surface area (Å²) < 4.78 is 16.8. The van der Waals surface area contributed by atoms with Crippen LogP contribution in [0.2, 0.25) is 5.02 Å². The van der Waals surface area contributed by atoms with E-state index < -0.39 is 29.5 Å². The molecule has 2 amide bonds. The zero-order valence-corrected chi connectivity index (χ0v) is 26.3. The molecule has 4 atom stereocenters. The maximum Gasteiger partial charge on any atom is 0.409 e. The van der Waals surface area contributed by atoms with E-state index in [1.165, 1.54) is 0 Å². The molecule has 4 rings (SSSR count). The second-order valence-corrected chi connectivity index (χ2v) is 11.9. The summed E-state index contributed by atoms with van der Waals surface area (Å²) in [6.45, 7) is 4.74. The molecule has 3 heterocycles. The minimum Gasteiger partial charge on any atom is -0.495 e. The Hall–Kier alpha value is -3.12. The number of rotatable bonds is 5. The molecule has 1 aromatic rings. The summed E-state index contributed by atoms with van der Waals surface area (Å²) in [6.07, 6.45) is 7.74. The number of aliphatic carboxylic acids is 1. The van der Waals surface area contributed by atoms with Crippen molar-refractivity contribution < 1.29 is 38.8 Å². The molecule has 4 bridgehead atoms. The Labute approximate surface area is 258 Å². The number of aliphatic hydroxyl groups is 1. The van der Waals surface area contributed by atoms with Gasteiger partial charge in [0.1, 0.15) is 22.6 Å². The van der Waals surface area contributed by atoms with Gasteiger partial charge in [-0.25, -0.2) is 4.79 Å². The van der Waals surface area contributed by atoms with E-state index in [9.17, 15) is 19.5 Å². The van der Waals surface area contributed by atoms with Crippen LogP contribution < -0.4 is 20.3 Å². The van der Waals surface area contributed by atoms with Gasteiger partial charge in [-0.3, -0.25) is 14.9 Å². The minimum atomic E-state index is -1.39. The molecule has 0 saturated carbocycles. The van der Waals surface area contributed by atoms with Gasteiger partial charge in [0.15, 0.2) is 0 Å². The van der Waals surface area contributed by atoms with Gasteiger partial charge in [-0.1, -0.05) is 35.4 Å². The number of methoxy groups -OCH3 is 1. The zero-order valence-electron chi connectivity index (χ0n) is 25.6. The van der Waals surface area contributed by atoms with E-state index in [1.54, 1.807) is 19.1 Å². The Morgan fingerprint density at radius 2 is 2.07 bits per heavy atom. The summed E-state index contributed by atoms with van der Waals surface area (Å²) in [5, 5.41) is 24.9. The standard InChI is InChI=1S/C26H33ClN2O6.C5H11NO2/c1-16-7-5-6-9-26(32)15-18(34-24(31)28-26)14-21-25(2,35-21)10-8-22(30)29(3)19-12-17(11-16)13-20(33-4)23(19)27;1-6-4-2-3-5(7)8/h5-7,12-13,18,21,32H,8-11,14-15H2,1-4H3,(H,28,31);6H,2-4H2,1H3,(H,7,8)/b6-5+,16-7+;/t18?,21-,25-,26+;/m0./s1. The van der Waals surface area contributed by atoms with Gasteiger partial charge in [0.25, 0.3) is 0 Å². The average Bonchev–Trinajstić information content (AvgIpc) is 3.58.